The molecule has 0 aromatic rings. The fraction of sp³-hybridized carbons (Fsp3) is 0.600. The van der Waals surface area contributed by atoms with Gasteiger partial charge in [0.15, 0.2) is 0 Å². The summed E-state index contributed by atoms with van der Waals surface area (Å²) in [5.74, 6) is -6.25. The molecule has 4 amide bonds. The van der Waals surface area contributed by atoms with Crippen LogP contribution >= 0.6 is 12.6 Å². The average molecular weight is 435 g/mol. The van der Waals surface area contributed by atoms with Gasteiger partial charge in [-0.25, -0.2) is 0 Å². The zero-order chi connectivity index (χ0) is 22.7. The summed E-state index contributed by atoms with van der Waals surface area (Å²) in [7, 11) is 0. The summed E-state index contributed by atoms with van der Waals surface area (Å²) in [6.07, 6.45) is -1.22. The largest absolute Gasteiger partial charge is 0.481 e. The molecule has 0 fully saturated rings. The van der Waals surface area contributed by atoms with Crippen LogP contribution in [0.3, 0.4) is 0 Å². The molecule has 29 heavy (non-hydrogen) atoms. The molecule has 0 aliphatic heterocycles. The first-order valence-corrected chi connectivity index (χ1v) is 9.02. The van der Waals surface area contributed by atoms with Crippen LogP contribution in [0.15, 0.2) is 0 Å². The van der Waals surface area contributed by atoms with E-state index in [1.807, 2.05) is 0 Å². The van der Waals surface area contributed by atoms with Gasteiger partial charge in [0.2, 0.25) is 23.6 Å². The van der Waals surface area contributed by atoms with Gasteiger partial charge in [0.1, 0.15) is 18.1 Å². The topological polar surface area (TPSA) is 231 Å². The van der Waals surface area contributed by atoms with Crippen LogP contribution in [0, 0.1) is 0 Å². The highest BCUT2D eigenvalue weighted by molar-refractivity contribution is 7.80. The van der Waals surface area contributed by atoms with Crippen molar-refractivity contribution in [2.45, 2.75) is 50.4 Å². The van der Waals surface area contributed by atoms with E-state index in [4.69, 9.17) is 21.7 Å². The van der Waals surface area contributed by atoms with Gasteiger partial charge in [-0.15, -0.1) is 0 Å². The molecule has 13 nitrogen and oxygen atoms in total. The molecule has 0 rings (SSSR count). The van der Waals surface area contributed by atoms with E-state index in [-0.39, 0.29) is 18.6 Å². The van der Waals surface area contributed by atoms with Crippen molar-refractivity contribution in [3.8, 4) is 0 Å². The van der Waals surface area contributed by atoms with E-state index in [2.05, 4.69) is 28.6 Å². The molecular weight excluding hydrogens is 410 g/mol. The molecule has 4 unspecified atom stereocenters. The number of hydrogen-bond donors (Lipinski definition) is 8. The Balaban J connectivity index is 5.19. The number of nitrogens with one attached hydrogen (secondary N) is 3. The number of primary amides is 1. The second-order valence-electron chi connectivity index (χ2n) is 6.08. The summed E-state index contributed by atoms with van der Waals surface area (Å²) in [6, 6.07) is -5.26. The van der Waals surface area contributed by atoms with E-state index in [0.717, 1.165) is 0 Å². The monoisotopic (exact) mass is 435 g/mol. The predicted octanol–water partition coefficient (Wildman–Crippen LogP) is -3.46. The van der Waals surface area contributed by atoms with E-state index in [0.29, 0.717) is 0 Å². The second-order valence-corrected chi connectivity index (χ2v) is 6.45. The molecule has 0 aromatic heterocycles. The third-order valence-corrected chi connectivity index (χ3v) is 3.95. The fourth-order valence-corrected chi connectivity index (χ4v) is 2.21. The maximum absolute atomic E-state index is 12.5. The second kappa shape index (κ2) is 12.6. The van der Waals surface area contributed by atoms with Crippen molar-refractivity contribution in [1.29, 1.82) is 0 Å². The zero-order valence-corrected chi connectivity index (χ0v) is 16.5. The van der Waals surface area contributed by atoms with Crippen molar-refractivity contribution in [2.24, 2.45) is 11.5 Å². The minimum atomic E-state index is -1.45. The Morgan fingerprint density at radius 1 is 0.931 bits per heavy atom. The molecule has 4 atom stereocenters. The highest BCUT2D eigenvalue weighted by Gasteiger charge is 2.29. The highest BCUT2D eigenvalue weighted by Crippen LogP contribution is 2.02. The molecule has 0 spiro atoms. The van der Waals surface area contributed by atoms with Crippen LogP contribution in [-0.2, 0) is 28.8 Å². The highest BCUT2D eigenvalue weighted by atomic mass is 32.1. The number of nitrogens with two attached hydrogens (primary N) is 2. The summed E-state index contributed by atoms with van der Waals surface area (Å²) in [5, 5.41) is 24.1. The van der Waals surface area contributed by atoms with E-state index < -0.39 is 66.2 Å². The number of rotatable bonds is 13. The number of carboxylic acids is 2. The standard InChI is InChI=1S/C15H25N5O8S/c1-6(15(27)28)18-14(26)9(5-29)20-13(25)8(2-3-10(17)21)19-12(24)7(16)4-11(22)23/h6-9,29H,2-5,16H2,1H3,(H2,17,21)(H,18,26)(H,19,24)(H,20,25)(H,22,23)(H,27,28). The average Bonchev–Trinajstić information content (AvgIpc) is 2.61. The first-order chi connectivity index (χ1) is 13.4. The molecule has 0 radical (unpaired) electrons. The van der Waals surface area contributed by atoms with E-state index in [1.54, 1.807) is 0 Å². The number of amides is 4. The van der Waals surface area contributed by atoms with Crippen molar-refractivity contribution in [1.82, 2.24) is 16.0 Å². The van der Waals surface area contributed by atoms with Crippen molar-refractivity contribution >= 4 is 48.2 Å². The quantitative estimate of drug-likeness (QED) is 0.134. The normalized spacial score (nSPS) is 14.6. The van der Waals surface area contributed by atoms with Crippen LogP contribution in [0.2, 0.25) is 0 Å². The van der Waals surface area contributed by atoms with Gasteiger partial charge in [0.25, 0.3) is 0 Å². The number of aliphatic carboxylic acids is 2. The number of hydrogen-bond acceptors (Lipinski definition) is 8. The van der Waals surface area contributed by atoms with Gasteiger partial charge < -0.3 is 37.6 Å². The molecule has 0 bridgehead atoms. The lowest BCUT2D eigenvalue weighted by molar-refractivity contribution is -0.141. The molecule has 0 saturated carbocycles. The Morgan fingerprint density at radius 3 is 1.90 bits per heavy atom. The fourth-order valence-electron chi connectivity index (χ4n) is 1.96. The molecule has 0 aliphatic carbocycles. The van der Waals surface area contributed by atoms with Crippen LogP contribution in [0.4, 0.5) is 0 Å². The lowest BCUT2D eigenvalue weighted by Gasteiger charge is -2.23. The van der Waals surface area contributed by atoms with Crippen molar-refractivity contribution < 1.29 is 39.0 Å². The first-order valence-electron chi connectivity index (χ1n) is 8.39. The van der Waals surface area contributed by atoms with E-state index in [1.165, 1.54) is 6.92 Å². The van der Waals surface area contributed by atoms with Gasteiger partial charge in [-0.1, -0.05) is 0 Å². The van der Waals surface area contributed by atoms with Crippen molar-refractivity contribution in [3.63, 3.8) is 0 Å². The summed E-state index contributed by atoms with van der Waals surface area (Å²) >= 11 is 3.93. The summed E-state index contributed by atoms with van der Waals surface area (Å²) < 4.78 is 0. The predicted molar refractivity (Wildman–Crippen MR) is 102 cm³/mol. The summed E-state index contributed by atoms with van der Waals surface area (Å²) in [4.78, 5) is 69.0. The maximum atomic E-state index is 12.5. The smallest absolute Gasteiger partial charge is 0.325 e. The Labute approximate surface area is 171 Å². The molecule has 0 heterocycles. The van der Waals surface area contributed by atoms with Gasteiger partial charge in [-0.05, 0) is 13.3 Å². The van der Waals surface area contributed by atoms with E-state index >= 15 is 0 Å². The number of carbonyl (C=O) groups excluding carboxylic acids is 4. The lowest BCUT2D eigenvalue weighted by Crippen LogP contribution is -2.57. The van der Waals surface area contributed by atoms with Crippen LogP contribution in [0.5, 0.6) is 0 Å². The minimum absolute atomic E-state index is 0.196. The van der Waals surface area contributed by atoms with Gasteiger partial charge in [0.05, 0.1) is 12.5 Å². The maximum Gasteiger partial charge on any atom is 0.325 e. The Morgan fingerprint density at radius 2 is 1.45 bits per heavy atom. The molecule has 9 N–H and O–H groups in total. The summed E-state index contributed by atoms with van der Waals surface area (Å²) in [5.41, 5.74) is 10.5. The van der Waals surface area contributed by atoms with Crippen LogP contribution in [-0.4, -0.2) is 75.7 Å². The Bertz CT molecular complexity index is 659. The zero-order valence-electron chi connectivity index (χ0n) is 15.6. The molecule has 0 saturated heterocycles. The Hall–Kier alpha value is -2.87. The third kappa shape index (κ3) is 10.3. The SMILES string of the molecule is CC(NC(=O)C(CS)NC(=O)C(CCC(N)=O)NC(=O)C(N)CC(=O)O)C(=O)O. The van der Waals surface area contributed by atoms with Gasteiger partial charge >= 0.3 is 11.9 Å². The molecular formula is C15H25N5O8S. The van der Waals surface area contributed by atoms with Crippen LogP contribution < -0.4 is 27.4 Å². The Kier molecular flexibility index (Phi) is 11.3. The molecule has 0 aliphatic rings. The van der Waals surface area contributed by atoms with Gasteiger partial charge in [0, 0.05) is 12.2 Å². The lowest BCUT2D eigenvalue weighted by atomic mass is 10.1. The van der Waals surface area contributed by atoms with Crippen LogP contribution in [0.25, 0.3) is 0 Å². The number of carbonyl (C=O) groups is 6. The minimum Gasteiger partial charge on any atom is -0.481 e. The first kappa shape index (κ1) is 26.1. The van der Waals surface area contributed by atoms with E-state index in [9.17, 15) is 28.8 Å². The number of thiol groups is 1. The van der Waals surface area contributed by atoms with Gasteiger partial charge in [-0.2, -0.15) is 12.6 Å². The molecule has 0 aromatic carbocycles. The van der Waals surface area contributed by atoms with Crippen molar-refractivity contribution in [2.75, 3.05) is 5.75 Å². The summed E-state index contributed by atoms with van der Waals surface area (Å²) in [6.45, 7) is 1.22. The third-order valence-electron chi connectivity index (χ3n) is 3.59. The number of carboxylic acid groups (broad SMARTS) is 2. The van der Waals surface area contributed by atoms with Crippen molar-refractivity contribution in [3.05, 3.63) is 0 Å². The van der Waals surface area contributed by atoms with Gasteiger partial charge in [-0.3, -0.25) is 28.8 Å². The molecule has 14 heteroatoms. The van der Waals surface area contributed by atoms with Crippen LogP contribution in [0.1, 0.15) is 26.2 Å². The molecule has 164 valence electrons.